The highest BCUT2D eigenvalue weighted by atomic mass is 16.5. The van der Waals surface area contributed by atoms with E-state index in [4.69, 9.17) is 4.74 Å². The molecule has 0 fully saturated rings. The Bertz CT molecular complexity index is 413. The summed E-state index contributed by atoms with van der Waals surface area (Å²) in [6.07, 6.45) is 2.37. The number of likely N-dealkylation sites (N-methyl/N-ethyl adjacent to an activating group) is 1. The van der Waals surface area contributed by atoms with Gasteiger partial charge in [-0.3, -0.25) is 4.79 Å². The van der Waals surface area contributed by atoms with Gasteiger partial charge in [-0.1, -0.05) is 34.6 Å². The molecule has 0 saturated heterocycles. The third kappa shape index (κ3) is 14.0. The number of quaternary nitrogens is 1. The summed E-state index contributed by atoms with van der Waals surface area (Å²) < 4.78 is 6.17. The molecule has 0 aromatic heterocycles. The summed E-state index contributed by atoms with van der Waals surface area (Å²) in [6, 6.07) is 0. The Kier molecular flexibility index (Phi) is 11.7. The third-order valence-electron chi connectivity index (χ3n) is 4.85. The van der Waals surface area contributed by atoms with E-state index in [9.17, 15) is 15.0 Å². The van der Waals surface area contributed by atoms with Crippen LogP contribution in [0.15, 0.2) is 0 Å². The molecule has 27 heavy (non-hydrogen) atoms. The predicted molar refractivity (Wildman–Crippen MR) is 111 cm³/mol. The van der Waals surface area contributed by atoms with Gasteiger partial charge in [0.1, 0.15) is 13.1 Å². The van der Waals surface area contributed by atoms with Crippen LogP contribution in [0.2, 0.25) is 0 Å². The smallest absolute Gasteiger partial charge is 0.307 e. The van der Waals surface area contributed by atoms with Crippen molar-refractivity contribution in [2.75, 3.05) is 66.6 Å². The molecule has 0 aliphatic rings. The minimum absolute atomic E-state index is 0.0123. The SMILES string of the molecule is CN(CCC[N+](C)(CCO)CCO)CCC(=O)OCC(C)(C)CC(C)(C)C. The van der Waals surface area contributed by atoms with Crippen LogP contribution >= 0.6 is 0 Å². The summed E-state index contributed by atoms with van der Waals surface area (Å²) in [5.74, 6) is -0.134. The maximum absolute atomic E-state index is 12.1. The maximum Gasteiger partial charge on any atom is 0.307 e. The zero-order chi connectivity index (χ0) is 21.1. The number of rotatable bonds is 14. The van der Waals surface area contributed by atoms with Crippen molar-refractivity contribution in [3.05, 3.63) is 0 Å². The van der Waals surface area contributed by atoms with Crippen molar-refractivity contribution in [3.63, 3.8) is 0 Å². The molecule has 0 aromatic rings. The number of nitrogens with zero attached hydrogens (tertiary/aromatic N) is 2. The highest BCUT2D eigenvalue weighted by Gasteiger charge is 2.27. The van der Waals surface area contributed by atoms with Crippen molar-refractivity contribution in [1.82, 2.24) is 4.90 Å². The molecule has 0 heterocycles. The summed E-state index contributed by atoms with van der Waals surface area (Å²) in [6.45, 7) is 15.4. The first kappa shape index (κ1) is 26.3. The first-order valence-electron chi connectivity index (χ1n) is 10.2. The zero-order valence-electron chi connectivity index (χ0n) is 18.9. The van der Waals surface area contributed by atoms with Gasteiger partial charge < -0.3 is 24.3 Å². The Morgan fingerprint density at radius 3 is 2.04 bits per heavy atom. The van der Waals surface area contributed by atoms with Gasteiger partial charge in [-0.2, -0.15) is 0 Å². The lowest BCUT2D eigenvalue weighted by atomic mass is 9.77. The highest BCUT2D eigenvalue weighted by molar-refractivity contribution is 5.69. The molecule has 0 aliphatic heterocycles. The standard InChI is InChI=1S/C21H45N2O4/c1-20(2,3)17-21(4,5)18-27-19(26)9-11-22(6)10-8-12-23(7,13-15-24)14-16-25/h24-25H,8-18H2,1-7H3/q+1. The summed E-state index contributed by atoms with van der Waals surface area (Å²) in [5.41, 5.74) is 0.205. The first-order valence-corrected chi connectivity index (χ1v) is 10.2. The fourth-order valence-electron chi connectivity index (χ4n) is 3.77. The fraction of sp³-hybridized carbons (Fsp3) is 0.952. The number of hydrogen-bond donors (Lipinski definition) is 2. The fourth-order valence-corrected chi connectivity index (χ4v) is 3.77. The number of carbonyl (C=O) groups is 1. The number of ether oxygens (including phenoxy) is 1. The van der Waals surface area contributed by atoms with Crippen LogP contribution < -0.4 is 0 Å². The van der Waals surface area contributed by atoms with Crippen LogP contribution in [-0.4, -0.2) is 92.2 Å². The van der Waals surface area contributed by atoms with Crippen LogP contribution in [0, 0.1) is 10.8 Å². The van der Waals surface area contributed by atoms with E-state index in [0.29, 0.717) is 37.1 Å². The molecule has 0 radical (unpaired) electrons. The van der Waals surface area contributed by atoms with E-state index in [2.05, 4.69) is 46.6 Å². The van der Waals surface area contributed by atoms with Crippen LogP contribution in [-0.2, 0) is 9.53 Å². The molecule has 0 aliphatic carbocycles. The Morgan fingerprint density at radius 1 is 1.00 bits per heavy atom. The number of esters is 1. The molecule has 0 atom stereocenters. The molecule has 0 spiro atoms. The molecular weight excluding hydrogens is 344 g/mol. The van der Waals surface area contributed by atoms with Crippen molar-refractivity contribution in [2.45, 2.75) is 53.9 Å². The second-order valence-electron chi connectivity index (χ2n) is 10.2. The lowest BCUT2D eigenvalue weighted by Crippen LogP contribution is -2.49. The maximum atomic E-state index is 12.1. The summed E-state index contributed by atoms with van der Waals surface area (Å²) >= 11 is 0. The van der Waals surface area contributed by atoms with Gasteiger partial charge in [-0.15, -0.1) is 0 Å². The monoisotopic (exact) mass is 389 g/mol. The molecule has 0 unspecified atom stereocenters. The molecule has 0 bridgehead atoms. The van der Waals surface area contributed by atoms with E-state index in [0.717, 1.165) is 25.9 Å². The van der Waals surface area contributed by atoms with E-state index in [-0.39, 0.29) is 30.0 Å². The molecule has 2 N–H and O–H groups in total. The number of carbonyl (C=O) groups excluding carboxylic acids is 1. The lowest BCUT2D eigenvalue weighted by molar-refractivity contribution is -0.910. The van der Waals surface area contributed by atoms with Gasteiger partial charge in [0, 0.05) is 19.5 Å². The van der Waals surface area contributed by atoms with Gasteiger partial charge >= 0.3 is 5.97 Å². The van der Waals surface area contributed by atoms with E-state index in [1.807, 2.05) is 7.05 Å². The first-order chi connectivity index (χ1) is 12.3. The molecule has 0 rings (SSSR count). The van der Waals surface area contributed by atoms with Crippen molar-refractivity contribution < 1.29 is 24.2 Å². The van der Waals surface area contributed by atoms with Crippen molar-refractivity contribution in [3.8, 4) is 0 Å². The van der Waals surface area contributed by atoms with Gasteiger partial charge in [-0.05, 0) is 24.3 Å². The topological polar surface area (TPSA) is 70.0 Å². The molecule has 0 saturated carbocycles. The third-order valence-corrected chi connectivity index (χ3v) is 4.85. The Hall–Kier alpha value is -0.690. The zero-order valence-corrected chi connectivity index (χ0v) is 18.9. The summed E-state index contributed by atoms with van der Waals surface area (Å²) in [7, 11) is 4.07. The van der Waals surface area contributed by atoms with Gasteiger partial charge in [0.05, 0.1) is 39.8 Å². The van der Waals surface area contributed by atoms with Gasteiger partial charge in [0.15, 0.2) is 0 Å². The van der Waals surface area contributed by atoms with Crippen molar-refractivity contribution in [1.29, 1.82) is 0 Å². The molecule has 6 nitrogen and oxygen atoms in total. The minimum Gasteiger partial charge on any atom is -0.465 e. The average Bonchev–Trinajstić information content (AvgIpc) is 2.49. The van der Waals surface area contributed by atoms with Crippen LogP contribution in [0.3, 0.4) is 0 Å². The Morgan fingerprint density at radius 2 is 1.56 bits per heavy atom. The van der Waals surface area contributed by atoms with Crippen LogP contribution in [0.4, 0.5) is 0 Å². The molecular formula is C21H45N2O4+. The largest absolute Gasteiger partial charge is 0.465 e. The normalized spacial score (nSPS) is 13.3. The highest BCUT2D eigenvalue weighted by Crippen LogP contribution is 2.33. The van der Waals surface area contributed by atoms with Crippen LogP contribution in [0.5, 0.6) is 0 Å². The van der Waals surface area contributed by atoms with E-state index >= 15 is 0 Å². The summed E-state index contributed by atoms with van der Waals surface area (Å²) in [4.78, 5) is 14.2. The number of aliphatic hydroxyl groups excluding tert-OH is 2. The molecule has 6 heteroatoms. The predicted octanol–water partition coefficient (Wildman–Crippen LogP) is 2.14. The van der Waals surface area contributed by atoms with Crippen molar-refractivity contribution >= 4 is 5.97 Å². The Labute approximate surface area is 167 Å². The van der Waals surface area contributed by atoms with Crippen LogP contribution in [0.25, 0.3) is 0 Å². The lowest BCUT2D eigenvalue weighted by Gasteiger charge is -2.34. The second kappa shape index (κ2) is 12.0. The van der Waals surface area contributed by atoms with Crippen molar-refractivity contribution in [2.24, 2.45) is 10.8 Å². The van der Waals surface area contributed by atoms with E-state index in [1.165, 1.54) is 0 Å². The quantitative estimate of drug-likeness (QED) is 0.352. The number of aliphatic hydroxyl groups is 2. The Balaban J connectivity index is 4.10. The molecule has 0 aromatic carbocycles. The average molecular weight is 390 g/mol. The molecule has 162 valence electrons. The minimum atomic E-state index is -0.134. The van der Waals surface area contributed by atoms with E-state index < -0.39 is 0 Å². The second-order valence-corrected chi connectivity index (χ2v) is 10.2. The van der Waals surface area contributed by atoms with Gasteiger partial charge in [0.2, 0.25) is 0 Å². The number of hydrogen-bond acceptors (Lipinski definition) is 5. The summed E-state index contributed by atoms with van der Waals surface area (Å²) in [5, 5.41) is 18.4. The van der Waals surface area contributed by atoms with Crippen LogP contribution in [0.1, 0.15) is 53.9 Å². The van der Waals surface area contributed by atoms with E-state index in [1.54, 1.807) is 0 Å². The van der Waals surface area contributed by atoms with Gasteiger partial charge in [-0.25, -0.2) is 0 Å². The molecule has 0 amide bonds. The van der Waals surface area contributed by atoms with Gasteiger partial charge in [0.25, 0.3) is 0 Å².